The molecule has 0 spiro atoms. The Morgan fingerprint density at radius 1 is 1.50 bits per heavy atom. The van der Waals surface area contributed by atoms with Crippen molar-refractivity contribution in [3.05, 3.63) is 0 Å². The van der Waals surface area contributed by atoms with Gasteiger partial charge in [0.2, 0.25) is 0 Å². The summed E-state index contributed by atoms with van der Waals surface area (Å²) in [5.41, 5.74) is 5.56. The van der Waals surface area contributed by atoms with E-state index in [4.69, 9.17) is 23.3 Å². The average molecular weight is 226 g/mol. The third-order valence-corrected chi connectivity index (χ3v) is 2.18. The van der Waals surface area contributed by atoms with Crippen LogP contribution in [0.25, 0.3) is 0 Å². The first-order valence-corrected chi connectivity index (χ1v) is 5.92. The molecule has 1 heterocycles. The van der Waals surface area contributed by atoms with Crippen LogP contribution in [0.5, 0.6) is 0 Å². The van der Waals surface area contributed by atoms with Gasteiger partial charge in [-0.05, 0) is 25.9 Å². The number of hydrogen-bond acceptors (Lipinski definition) is 4. The van der Waals surface area contributed by atoms with E-state index in [9.17, 15) is 0 Å². The van der Waals surface area contributed by atoms with Crippen molar-refractivity contribution in [2.75, 3.05) is 19.6 Å². The number of likely N-dealkylation sites (tertiary alicyclic amines) is 1. The standard InChI is InChI=1S/C7H16N2.H2O4S/c1-2-9-5-3-4-7(9)6-8;1-5(2,3)4/h7H,2-6,8H2,1H3;(H2,1,2,3,4). The Morgan fingerprint density at radius 2 is 2.00 bits per heavy atom. The van der Waals surface area contributed by atoms with Gasteiger partial charge >= 0.3 is 10.4 Å². The van der Waals surface area contributed by atoms with E-state index in [1.54, 1.807) is 0 Å². The molecule has 0 aliphatic carbocycles. The molecule has 4 N–H and O–H groups in total. The Balaban J connectivity index is 0.000000292. The van der Waals surface area contributed by atoms with Gasteiger partial charge < -0.3 is 5.73 Å². The molecule has 1 aliphatic heterocycles. The Bertz CT molecular complexity index is 224. The van der Waals surface area contributed by atoms with Gasteiger partial charge in [-0.3, -0.25) is 14.0 Å². The van der Waals surface area contributed by atoms with Crippen LogP contribution in [0.1, 0.15) is 19.8 Å². The maximum Gasteiger partial charge on any atom is 0.394 e. The minimum absolute atomic E-state index is 0.690. The number of likely N-dealkylation sites (N-methyl/N-ethyl adjacent to an activating group) is 1. The van der Waals surface area contributed by atoms with E-state index in [0.717, 1.165) is 6.54 Å². The SMILES string of the molecule is CCN1CCCC1CN.O=S(=O)(O)O. The fourth-order valence-electron chi connectivity index (χ4n) is 1.58. The molecule has 0 amide bonds. The zero-order valence-corrected chi connectivity index (χ0v) is 9.07. The lowest BCUT2D eigenvalue weighted by Gasteiger charge is -2.20. The number of hydrogen-bond donors (Lipinski definition) is 3. The molecule has 0 bridgehead atoms. The molecule has 1 saturated heterocycles. The van der Waals surface area contributed by atoms with Crippen molar-refractivity contribution in [2.45, 2.75) is 25.8 Å². The summed E-state index contributed by atoms with van der Waals surface area (Å²) >= 11 is 0. The first-order chi connectivity index (χ1) is 6.38. The van der Waals surface area contributed by atoms with Gasteiger partial charge in [0.1, 0.15) is 0 Å². The van der Waals surface area contributed by atoms with Crippen LogP contribution in [0, 0.1) is 0 Å². The van der Waals surface area contributed by atoms with Gasteiger partial charge in [0.25, 0.3) is 0 Å². The first kappa shape index (κ1) is 13.8. The molecule has 6 nitrogen and oxygen atoms in total. The second-order valence-corrected chi connectivity index (χ2v) is 4.00. The molecule has 0 aromatic carbocycles. The van der Waals surface area contributed by atoms with E-state index in [2.05, 4.69) is 11.8 Å². The Hall–Kier alpha value is -0.210. The van der Waals surface area contributed by atoms with Gasteiger partial charge in [0, 0.05) is 12.6 Å². The topological polar surface area (TPSA) is 104 Å². The highest BCUT2D eigenvalue weighted by Crippen LogP contribution is 2.14. The molecule has 0 aromatic heterocycles. The smallest absolute Gasteiger partial charge is 0.329 e. The Labute approximate surface area is 84.7 Å². The van der Waals surface area contributed by atoms with Crippen LogP contribution in [0.4, 0.5) is 0 Å². The summed E-state index contributed by atoms with van der Waals surface area (Å²) in [5, 5.41) is 0. The molecule has 1 atom stereocenters. The Kier molecular flexibility index (Phi) is 6.21. The summed E-state index contributed by atoms with van der Waals surface area (Å²) in [6, 6.07) is 0.690. The van der Waals surface area contributed by atoms with Gasteiger partial charge in [0.05, 0.1) is 0 Å². The summed E-state index contributed by atoms with van der Waals surface area (Å²) in [7, 11) is -4.67. The van der Waals surface area contributed by atoms with E-state index in [-0.39, 0.29) is 0 Å². The fourth-order valence-corrected chi connectivity index (χ4v) is 1.58. The molecular weight excluding hydrogens is 208 g/mol. The lowest BCUT2D eigenvalue weighted by Crippen LogP contribution is -2.34. The van der Waals surface area contributed by atoms with Crippen LogP contribution >= 0.6 is 0 Å². The third-order valence-electron chi connectivity index (χ3n) is 2.18. The van der Waals surface area contributed by atoms with Crippen molar-refractivity contribution >= 4 is 10.4 Å². The van der Waals surface area contributed by atoms with Gasteiger partial charge in [-0.25, -0.2) is 0 Å². The molecular formula is C7H18N2O4S. The lowest BCUT2D eigenvalue weighted by molar-refractivity contribution is 0.272. The van der Waals surface area contributed by atoms with E-state index >= 15 is 0 Å². The zero-order valence-electron chi connectivity index (χ0n) is 8.26. The number of nitrogens with zero attached hydrogens (tertiary/aromatic N) is 1. The molecule has 1 aliphatic rings. The zero-order chi connectivity index (χ0) is 11.2. The Morgan fingerprint density at radius 3 is 2.29 bits per heavy atom. The van der Waals surface area contributed by atoms with Crippen LogP contribution in [-0.4, -0.2) is 48.1 Å². The van der Waals surface area contributed by atoms with Gasteiger partial charge in [0.15, 0.2) is 0 Å². The van der Waals surface area contributed by atoms with Crippen molar-refractivity contribution in [3.63, 3.8) is 0 Å². The molecule has 1 unspecified atom stereocenters. The average Bonchev–Trinajstić information content (AvgIpc) is 2.47. The predicted octanol–water partition coefficient (Wildman–Crippen LogP) is -0.223. The monoisotopic (exact) mass is 226 g/mol. The van der Waals surface area contributed by atoms with Crippen molar-refractivity contribution in [3.8, 4) is 0 Å². The van der Waals surface area contributed by atoms with Crippen LogP contribution in [-0.2, 0) is 10.4 Å². The van der Waals surface area contributed by atoms with Gasteiger partial charge in [-0.15, -0.1) is 0 Å². The lowest BCUT2D eigenvalue weighted by atomic mass is 10.2. The van der Waals surface area contributed by atoms with Gasteiger partial charge in [-0.2, -0.15) is 8.42 Å². The highest BCUT2D eigenvalue weighted by atomic mass is 32.3. The maximum absolute atomic E-state index is 8.74. The molecule has 14 heavy (non-hydrogen) atoms. The van der Waals surface area contributed by atoms with E-state index in [0.29, 0.717) is 6.04 Å². The summed E-state index contributed by atoms with van der Waals surface area (Å²) < 4.78 is 31.6. The van der Waals surface area contributed by atoms with Crippen LogP contribution in [0.3, 0.4) is 0 Å². The minimum atomic E-state index is -4.67. The van der Waals surface area contributed by atoms with Crippen LogP contribution in [0.15, 0.2) is 0 Å². The summed E-state index contributed by atoms with van der Waals surface area (Å²) in [6.45, 7) is 5.47. The third kappa shape index (κ3) is 7.22. The minimum Gasteiger partial charge on any atom is -0.329 e. The molecule has 1 fully saturated rings. The van der Waals surface area contributed by atoms with Crippen molar-refractivity contribution in [1.82, 2.24) is 4.90 Å². The van der Waals surface area contributed by atoms with Crippen molar-refractivity contribution in [2.24, 2.45) is 5.73 Å². The van der Waals surface area contributed by atoms with E-state index in [1.807, 2.05) is 0 Å². The molecule has 0 aromatic rings. The summed E-state index contributed by atoms with van der Waals surface area (Å²) in [5.74, 6) is 0. The van der Waals surface area contributed by atoms with Crippen molar-refractivity contribution < 1.29 is 17.5 Å². The predicted molar refractivity (Wildman–Crippen MR) is 53.5 cm³/mol. The highest BCUT2D eigenvalue weighted by Gasteiger charge is 2.20. The fraction of sp³-hybridized carbons (Fsp3) is 1.00. The summed E-state index contributed by atoms with van der Waals surface area (Å²) in [6.07, 6.45) is 2.65. The quantitative estimate of drug-likeness (QED) is 0.562. The normalized spacial score (nSPS) is 23.0. The molecule has 7 heteroatoms. The van der Waals surface area contributed by atoms with Crippen molar-refractivity contribution in [1.29, 1.82) is 0 Å². The van der Waals surface area contributed by atoms with Crippen LogP contribution < -0.4 is 5.73 Å². The highest BCUT2D eigenvalue weighted by molar-refractivity contribution is 7.79. The molecule has 86 valence electrons. The summed E-state index contributed by atoms with van der Waals surface area (Å²) in [4.78, 5) is 2.46. The van der Waals surface area contributed by atoms with Gasteiger partial charge in [-0.1, -0.05) is 6.92 Å². The van der Waals surface area contributed by atoms with E-state index < -0.39 is 10.4 Å². The molecule has 0 saturated carbocycles. The first-order valence-electron chi connectivity index (χ1n) is 4.52. The number of nitrogens with two attached hydrogens (primary N) is 1. The second-order valence-electron chi connectivity index (χ2n) is 3.11. The molecule has 0 radical (unpaired) electrons. The largest absolute Gasteiger partial charge is 0.394 e. The maximum atomic E-state index is 8.74. The van der Waals surface area contributed by atoms with E-state index in [1.165, 1.54) is 25.9 Å². The molecule has 1 rings (SSSR count). The van der Waals surface area contributed by atoms with Crippen LogP contribution in [0.2, 0.25) is 0 Å². The number of rotatable bonds is 2. The second kappa shape index (κ2) is 6.31.